The van der Waals surface area contributed by atoms with Gasteiger partial charge in [-0.1, -0.05) is 23.7 Å². The van der Waals surface area contributed by atoms with Gasteiger partial charge < -0.3 is 9.30 Å². The summed E-state index contributed by atoms with van der Waals surface area (Å²) in [6.45, 7) is 0.623. The molecule has 0 spiro atoms. The van der Waals surface area contributed by atoms with E-state index in [1.165, 1.54) is 11.3 Å². The van der Waals surface area contributed by atoms with Crippen LogP contribution in [0.1, 0.15) is 20.8 Å². The minimum atomic E-state index is -0.0593. The first-order valence-corrected chi connectivity index (χ1v) is 11.1. The third-order valence-corrected chi connectivity index (χ3v) is 6.55. The van der Waals surface area contributed by atoms with Gasteiger partial charge in [0.05, 0.1) is 12.0 Å². The minimum absolute atomic E-state index is 0.0593. The largest absolute Gasteiger partial charge is 0.497 e. The van der Waals surface area contributed by atoms with Crippen molar-refractivity contribution >= 4 is 39.6 Å². The molecule has 158 valence electrons. The zero-order valence-corrected chi connectivity index (χ0v) is 18.7. The zero-order valence-electron chi connectivity index (χ0n) is 17.2. The van der Waals surface area contributed by atoms with Crippen molar-refractivity contribution in [2.45, 2.75) is 6.54 Å². The van der Waals surface area contributed by atoms with Crippen LogP contribution in [0.3, 0.4) is 0 Å². The van der Waals surface area contributed by atoms with Gasteiger partial charge in [-0.15, -0.1) is 11.3 Å². The number of carbonyl (C=O) groups excluding carboxylic acids is 1. The topological polar surface area (TPSA) is 57.0 Å². The maximum absolute atomic E-state index is 13.5. The Morgan fingerprint density at radius 3 is 2.62 bits per heavy atom. The lowest BCUT2D eigenvalue weighted by molar-refractivity contribution is 0.104. The lowest BCUT2D eigenvalue weighted by Crippen LogP contribution is -1.99. The number of ketones is 1. The summed E-state index contributed by atoms with van der Waals surface area (Å²) in [6, 6.07) is 17.3. The Morgan fingerprint density at radius 1 is 1.09 bits per heavy atom. The van der Waals surface area contributed by atoms with E-state index in [-0.39, 0.29) is 5.78 Å². The van der Waals surface area contributed by atoms with Crippen LogP contribution in [0.5, 0.6) is 5.75 Å². The Bertz CT molecular complexity index is 1410. The number of ether oxygens (including phenoxy) is 1. The van der Waals surface area contributed by atoms with E-state index in [2.05, 4.69) is 14.5 Å². The van der Waals surface area contributed by atoms with Crippen molar-refractivity contribution in [3.8, 4) is 16.3 Å². The monoisotopic (exact) mass is 459 g/mol. The first-order valence-electron chi connectivity index (χ1n) is 9.94. The average Bonchev–Trinajstić information content (AvgIpc) is 3.46. The fourth-order valence-electron chi connectivity index (χ4n) is 3.64. The van der Waals surface area contributed by atoms with Crippen LogP contribution in [0, 0.1) is 0 Å². The van der Waals surface area contributed by atoms with Gasteiger partial charge in [0.15, 0.2) is 0 Å². The molecule has 2 aromatic carbocycles. The molecule has 0 aliphatic heterocycles. The van der Waals surface area contributed by atoms with Crippen molar-refractivity contribution < 1.29 is 9.53 Å². The van der Waals surface area contributed by atoms with E-state index in [4.69, 9.17) is 16.3 Å². The summed E-state index contributed by atoms with van der Waals surface area (Å²) >= 11 is 7.41. The van der Waals surface area contributed by atoms with Crippen LogP contribution in [-0.4, -0.2) is 27.4 Å². The molecule has 0 fully saturated rings. The SMILES string of the molecule is COc1ccc2c(c1)c(C(=O)c1cnc(-c3ccncc3)s1)cn2Cc1ccc(Cl)cc1. The molecule has 5 nitrogen and oxygen atoms in total. The van der Waals surface area contributed by atoms with Crippen molar-refractivity contribution in [3.05, 3.63) is 100 Å². The molecule has 32 heavy (non-hydrogen) atoms. The van der Waals surface area contributed by atoms with Gasteiger partial charge in [-0.05, 0) is 48.0 Å². The third-order valence-electron chi connectivity index (χ3n) is 5.26. The molecule has 0 aliphatic carbocycles. The van der Waals surface area contributed by atoms with Crippen LogP contribution >= 0.6 is 22.9 Å². The molecule has 5 rings (SSSR count). The molecule has 0 bridgehead atoms. The number of fused-ring (bicyclic) bond motifs is 1. The van der Waals surface area contributed by atoms with Crippen LogP contribution in [0.4, 0.5) is 0 Å². The second kappa shape index (κ2) is 8.57. The molecule has 0 unspecified atom stereocenters. The Balaban J connectivity index is 1.56. The molecule has 7 heteroatoms. The molecule has 0 radical (unpaired) electrons. The summed E-state index contributed by atoms with van der Waals surface area (Å²) in [4.78, 5) is 22.6. The number of benzene rings is 2. The first-order chi connectivity index (χ1) is 15.6. The molecular weight excluding hydrogens is 442 g/mol. The molecule has 0 atom stereocenters. The smallest absolute Gasteiger partial charge is 0.206 e. The van der Waals surface area contributed by atoms with Crippen LogP contribution in [-0.2, 0) is 6.54 Å². The molecule has 3 aromatic heterocycles. The van der Waals surface area contributed by atoms with Crippen molar-refractivity contribution in [1.82, 2.24) is 14.5 Å². The molecular formula is C25H18ClN3O2S. The molecule has 0 aliphatic rings. The van der Waals surface area contributed by atoms with Gasteiger partial charge in [0.2, 0.25) is 5.78 Å². The van der Waals surface area contributed by atoms with Crippen molar-refractivity contribution in [2.75, 3.05) is 7.11 Å². The Kier molecular flexibility index (Phi) is 5.47. The molecule has 0 saturated heterocycles. The van der Waals surface area contributed by atoms with E-state index in [1.54, 1.807) is 25.7 Å². The summed E-state index contributed by atoms with van der Waals surface area (Å²) in [5, 5.41) is 2.34. The lowest BCUT2D eigenvalue weighted by atomic mass is 10.1. The highest BCUT2D eigenvalue weighted by Crippen LogP contribution is 2.31. The Labute approximate surface area is 193 Å². The number of hydrogen-bond acceptors (Lipinski definition) is 5. The van der Waals surface area contributed by atoms with Gasteiger partial charge in [0.1, 0.15) is 10.8 Å². The highest BCUT2D eigenvalue weighted by atomic mass is 35.5. The van der Waals surface area contributed by atoms with Crippen LogP contribution in [0.25, 0.3) is 21.5 Å². The number of nitrogens with zero attached hydrogens (tertiary/aromatic N) is 3. The number of methoxy groups -OCH3 is 1. The second-order valence-electron chi connectivity index (χ2n) is 7.27. The van der Waals surface area contributed by atoms with E-state index in [0.29, 0.717) is 27.8 Å². The summed E-state index contributed by atoms with van der Waals surface area (Å²) < 4.78 is 7.49. The number of carbonyl (C=O) groups is 1. The van der Waals surface area contributed by atoms with Gasteiger partial charge in [-0.25, -0.2) is 4.98 Å². The molecule has 5 aromatic rings. The van der Waals surface area contributed by atoms with E-state index in [1.807, 2.05) is 60.8 Å². The predicted octanol–water partition coefficient (Wildman–Crippen LogP) is 6.10. The minimum Gasteiger partial charge on any atom is -0.497 e. The average molecular weight is 460 g/mol. The van der Waals surface area contributed by atoms with Gasteiger partial charge in [-0.3, -0.25) is 9.78 Å². The van der Waals surface area contributed by atoms with Gasteiger partial charge in [0, 0.05) is 58.4 Å². The summed E-state index contributed by atoms with van der Waals surface area (Å²) in [5.74, 6) is 0.647. The number of aromatic nitrogens is 3. The van der Waals surface area contributed by atoms with E-state index in [9.17, 15) is 4.79 Å². The lowest BCUT2D eigenvalue weighted by Gasteiger charge is -2.06. The van der Waals surface area contributed by atoms with Gasteiger partial charge in [0.25, 0.3) is 0 Å². The van der Waals surface area contributed by atoms with Crippen molar-refractivity contribution in [3.63, 3.8) is 0 Å². The summed E-state index contributed by atoms with van der Waals surface area (Å²) in [5.41, 5.74) is 3.62. The Hall–Kier alpha value is -3.48. The number of hydrogen-bond donors (Lipinski definition) is 0. The molecule has 3 heterocycles. The summed E-state index contributed by atoms with van der Waals surface area (Å²) in [7, 11) is 1.62. The van der Waals surface area contributed by atoms with Crippen LogP contribution < -0.4 is 4.74 Å². The standard InChI is InChI=1S/C25H18ClN3O2S/c1-31-19-6-7-22-20(12-19)21(15-29(22)14-16-2-4-18(26)5-3-16)24(30)23-13-28-25(32-23)17-8-10-27-11-9-17/h2-13,15H,14H2,1H3. The number of thiazole rings is 1. The van der Waals surface area contributed by atoms with Gasteiger partial charge >= 0.3 is 0 Å². The van der Waals surface area contributed by atoms with E-state index < -0.39 is 0 Å². The van der Waals surface area contributed by atoms with Crippen LogP contribution in [0.2, 0.25) is 5.02 Å². The molecule has 0 saturated carbocycles. The number of pyridine rings is 1. The fourth-order valence-corrected chi connectivity index (χ4v) is 4.64. The van der Waals surface area contributed by atoms with E-state index in [0.717, 1.165) is 27.0 Å². The van der Waals surface area contributed by atoms with Crippen molar-refractivity contribution in [2.24, 2.45) is 0 Å². The highest BCUT2D eigenvalue weighted by molar-refractivity contribution is 7.17. The zero-order chi connectivity index (χ0) is 22.1. The summed E-state index contributed by atoms with van der Waals surface area (Å²) in [6.07, 6.45) is 6.99. The number of rotatable bonds is 6. The third kappa shape index (κ3) is 3.90. The quantitative estimate of drug-likeness (QED) is 0.288. The normalized spacial score (nSPS) is 11.1. The predicted molar refractivity (Wildman–Crippen MR) is 128 cm³/mol. The molecule has 0 amide bonds. The fraction of sp³-hybridized carbons (Fsp3) is 0.0800. The number of halogens is 1. The second-order valence-corrected chi connectivity index (χ2v) is 8.74. The Morgan fingerprint density at radius 2 is 1.88 bits per heavy atom. The van der Waals surface area contributed by atoms with E-state index >= 15 is 0 Å². The van der Waals surface area contributed by atoms with Crippen LogP contribution in [0.15, 0.2) is 79.4 Å². The maximum atomic E-state index is 13.5. The maximum Gasteiger partial charge on any atom is 0.206 e. The molecule has 0 N–H and O–H groups in total. The van der Waals surface area contributed by atoms with Gasteiger partial charge in [-0.2, -0.15) is 0 Å². The van der Waals surface area contributed by atoms with Crippen molar-refractivity contribution in [1.29, 1.82) is 0 Å². The first kappa shape index (κ1) is 20.4. The highest BCUT2D eigenvalue weighted by Gasteiger charge is 2.20.